The van der Waals surface area contributed by atoms with E-state index < -0.39 is 5.97 Å². The highest BCUT2D eigenvalue weighted by molar-refractivity contribution is 8.01. The third kappa shape index (κ3) is 6.83. The maximum absolute atomic E-state index is 13.3. The summed E-state index contributed by atoms with van der Waals surface area (Å²) in [6, 6.07) is 0.492. The van der Waals surface area contributed by atoms with Crippen LogP contribution in [0.25, 0.3) is 0 Å². The molecule has 1 aromatic rings. The molecule has 0 aromatic carbocycles. The molecule has 7 nitrogen and oxygen atoms in total. The van der Waals surface area contributed by atoms with Crippen LogP contribution >= 0.6 is 23.1 Å². The number of nitrogens with zero attached hydrogens (tertiary/aromatic N) is 2. The number of rotatable bonds is 9. The van der Waals surface area contributed by atoms with Gasteiger partial charge in [-0.25, -0.2) is 9.78 Å². The van der Waals surface area contributed by atoms with Crippen molar-refractivity contribution in [2.75, 3.05) is 17.7 Å². The topological polar surface area (TPSA) is 91.8 Å². The second kappa shape index (κ2) is 11.0. The number of nitrogens with one attached hydrogen (secondary N) is 1. The molecule has 2 N–H and O–H groups in total. The van der Waals surface area contributed by atoms with Crippen LogP contribution in [-0.4, -0.2) is 57.5 Å². The number of thiazole rings is 1. The molecule has 3 fully saturated rings. The van der Waals surface area contributed by atoms with E-state index >= 15 is 0 Å². The second-order valence-electron chi connectivity index (χ2n) is 9.00. The number of ether oxygens (including phenoxy) is 1. The number of carboxylic acid groups (broad SMARTS) is 1. The monoisotopic (exact) mass is 467 g/mol. The highest BCUT2D eigenvalue weighted by atomic mass is 32.2. The van der Waals surface area contributed by atoms with Crippen LogP contribution in [-0.2, 0) is 9.53 Å². The van der Waals surface area contributed by atoms with Crippen LogP contribution < -0.4 is 5.32 Å². The highest BCUT2D eigenvalue weighted by Gasteiger charge is 2.35. The summed E-state index contributed by atoms with van der Waals surface area (Å²) in [7, 11) is 0. The van der Waals surface area contributed by atoms with Crippen molar-refractivity contribution in [3.05, 3.63) is 6.20 Å². The quantitative estimate of drug-likeness (QED) is 0.484. The van der Waals surface area contributed by atoms with Gasteiger partial charge in [-0.15, -0.1) is 11.8 Å². The van der Waals surface area contributed by atoms with E-state index in [0.29, 0.717) is 17.3 Å². The number of amides is 2. The van der Waals surface area contributed by atoms with E-state index in [0.717, 1.165) is 55.3 Å². The SMILES string of the molecule is O=C(O)CSc1cnc(NC(=O)N(C2CCCCC2)[C@H]2CC[C@H](OCC3CC3)CC2)s1. The normalized spacial score (nSPS) is 24.6. The molecule has 0 saturated heterocycles. The van der Waals surface area contributed by atoms with Crippen molar-refractivity contribution in [2.45, 2.75) is 93.0 Å². The molecule has 2 amide bonds. The predicted molar refractivity (Wildman–Crippen MR) is 123 cm³/mol. The van der Waals surface area contributed by atoms with Gasteiger partial charge in [0.25, 0.3) is 0 Å². The number of carbonyl (C=O) groups excluding carboxylic acids is 1. The molecule has 3 aliphatic carbocycles. The summed E-state index contributed by atoms with van der Waals surface area (Å²) in [6.07, 6.45) is 14.4. The van der Waals surface area contributed by atoms with Gasteiger partial charge in [-0.3, -0.25) is 10.1 Å². The van der Waals surface area contributed by atoms with Gasteiger partial charge in [0, 0.05) is 18.7 Å². The molecule has 0 atom stereocenters. The Labute approximate surface area is 192 Å². The Bertz CT molecular complexity index is 741. The number of aromatic nitrogens is 1. The lowest BCUT2D eigenvalue weighted by atomic mass is 9.88. The van der Waals surface area contributed by atoms with Crippen molar-refractivity contribution in [2.24, 2.45) is 5.92 Å². The zero-order valence-corrected chi connectivity index (χ0v) is 19.6. The molecule has 0 aliphatic heterocycles. The molecule has 0 radical (unpaired) electrons. The summed E-state index contributed by atoms with van der Waals surface area (Å²) in [4.78, 5) is 30.5. The van der Waals surface area contributed by atoms with E-state index in [-0.39, 0.29) is 17.8 Å². The minimum absolute atomic E-state index is 0.00413. The van der Waals surface area contributed by atoms with E-state index in [9.17, 15) is 9.59 Å². The fourth-order valence-electron chi connectivity index (χ4n) is 4.71. The average Bonchev–Trinajstić information content (AvgIpc) is 3.50. The minimum Gasteiger partial charge on any atom is -0.481 e. The molecule has 172 valence electrons. The molecule has 1 aromatic heterocycles. The van der Waals surface area contributed by atoms with Gasteiger partial charge in [0.15, 0.2) is 5.13 Å². The van der Waals surface area contributed by atoms with Crippen LogP contribution in [0.2, 0.25) is 0 Å². The number of hydrogen-bond acceptors (Lipinski definition) is 6. The Hall–Kier alpha value is -1.32. The van der Waals surface area contributed by atoms with Gasteiger partial charge in [0.1, 0.15) is 0 Å². The first-order valence-corrected chi connectivity index (χ1v) is 13.4. The first-order valence-electron chi connectivity index (χ1n) is 11.6. The number of thioether (sulfide) groups is 1. The molecule has 1 heterocycles. The summed E-state index contributed by atoms with van der Waals surface area (Å²) in [6.45, 7) is 0.911. The molecule has 9 heteroatoms. The Morgan fingerprint density at radius 3 is 2.48 bits per heavy atom. The first kappa shape index (κ1) is 22.9. The van der Waals surface area contributed by atoms with Gasteiger partial charge < -0.3 is 14.7 Å². The van der Waals surface area contributed by atoms with Crippen LogP contribution in [0.4, 0.5) is 9.93 Å². The van der Waals surface area contributed by atoms with E-state index in [1.807, 2.05) is 0 Å². The van der Waals surface area contributed by atoms with Crippen molar-refractivity contribution in [3.8, 4) is 0 Å². The standard InChI is InChI=1S/C22H33N3O4S2/c26-19(27)14-30-20-12-23-21(31-20)24-22(28)25(16-4-2-1-3-5-16)17-8-10-18(11-9-17)29-13-15-6-7-15/h12,15-18H,1-11,13-14H2,(H,26,27)(H,23,24,28)/t17-,18-. The van der Waals surface area contributed by atoms with Crippen molar-refractivity contribution in [1.29, 1.82) is 0 Å². The highest BCUT2D eigenvalue weighted by Crippen LogP contribution is 2.35. The van der Waals surface area contributed by atoms with Crippen LogP contribution in [0.3, 0.4) is 0 Å². The molecule has 3 saturated carbocycles. The van der Waals surface area contributed by atoms with Crippen molar-refractivity contribution in [3.63, 3.8) is 0 Å². The van der Waals surface area contributed by atoms with E-state index in [1.165, 1.54) is 55.2 Å². The summed E-state index contributed by atoms with van der Waals surface area (Å²) in [5.41, 5.74) is 0. The third-order valence-corrected chi connectivity index (χ3v) is 8.63. The van der Waals surface area contributed by atoms with Gasteiger partial charge in [0.2, 0.25) is 0 Å². The Morgan fingerprint density at radius 2 is 1.81 bits per heavy atom. The molecule has 0 bridgehead atoms. The minimum atomic E-state index is -0.857. The number of anilines is 1. The van der Waals surface area contributed by atoms with E-state index in [4.69, 9.17) is 9.84 Å². The lowest BCUT2D eigenvalue weighted by Gasteiger charge is -2.42. The molecule has 3 aliphatic rings. The zero-order valence-electron chi connectivity index (χ0n) is 18.0. The van der Waals surface area contributed by atoms with Crippen LogP contribution in [0.15, 0.2) is 10.4 Å². The summed E-state index contributed by atoms with van der Waals surface area (Å²) >= 11 is 2.57. The van der Waals surface area contributed by atoms with Crippen molar-refractivity contribution in [1.82, 2.24) is 9.88 Å². The van der Waals surface area contributed by atoms with Gasteiger partial charge in [0.05, 0.1) is 22.3 Å². The fraction of sp³-hybridized carbons (Fsp3) is 0.773. The zero-order chi connectivity index (χ0) is 21.6. The number of hydrogen-bond donors (Lipinski definition) is 2. The van der Waals surface area contributed by atoms with E-state index in [1.54, 1.807) is 6.20 Å². The molecular weight excluding hydrogens is 434 g/mol. The van der Waals surface area contributed by atoms with Crippen LogP contribution in [0.5, 0.6) is 0 Å². The summed E-state index contributed by atoms with van der Waals surface area (Å²) < 4.78 is 6.91. The first-order chi connectivity index (χ1) is 15.1. The van der Waals surface area contributed by atoms with Crippen molar-refractivity contribution >= 4 is 40.2 Å². The lowest BCUT2D eigenvalue weighted by molar-refractivity contribution is -0.133. The molecule has 0 unspecified atom stereocenters. The van der Waals surface area contributed by atoms with Crippen LogP contribution in [0, 0.1) is 5.92 Å². The maximum Gasteiger partial charge on any atom is 0.324 e. The predicted octanol–water partition coefficient (Wildman–Crippen LogP) is 5.22. The van der Waals surface area contributed by atoms with Gasteiger partial charge >= 0.3 is 12.0 Å². The Morgan fingerprint density at radius 1 is 1.10 bits per heavy atom. The number of aliphatic carboxylic acids is 1. The molecule has 0 spiro atoms. The smallest absolute Gasteiger partial charge is 0.324 e. The molecular formula is C22H33N3O4S2. The second-order valence-corrected chi connectivity index (χ2v) is 11.3. The lowest BCUT2D eigenvalue weighted by Crippen LogP contribution is -2.51. The fourth-order valence-corrected chi connectivity index (χ4v) is 6.29. The Kier molecular flexibility index (Phi) is 8.12. The van der Waals surface area contributed by atoms with Gasteiger partial charge in [-0.05, 0) is 57.3 Å². The number of carbonyl (C=O) groups is 2. The van der Waals surface area contributed by atoms with Crippen molar-refractivity contribution < 1.29 is 19.4 Å². The van der Waals surface area contributed by atoms with Gasteiger partial charge in [-0.1, -0.05) is 30.6 Å². The molecule has 4 rings (SSSR count). The number of carboxylic acids is 1. The van der Waals surface area contributed by atoms with Gasteiger partial charge in [-0.2, -0.15) is 0 Å². The van der Waals surface area contributed by atoms with Crippen LogP contribution in [0.1, 0.15) is 70.6 Å². The molecule has 31 heavy (non-hydrogen) atoms. The maximum atomic E-state index is 13.3. The number of urea groups is 1. The Balaban J connectivity index is 1.35. The third-order valence-electron chi connectivity index (χ3n) is 6.54. The average molecular weight is 468 g/mol. The largest absolute Gasteiger partial charge is 0.481 e. The van der Waals surface area contributed by atoms with E-state index in [2.05, 4.69) is 15.2 Å². The summed E-state index contributed by atoms with van der Waals surface area (Å²) in [5.74, 6) is -0.0706. The summed E-state index contributed by atoms with van der Waals surface area (Å²) in [5, 5.41) is 12.4.